The van der Waals surface area contributed by atoms with E-state index in [1.54, 1.807) is 18.3 Å². The molecule has 10 heteroatoms. The van der Waals surface area contributed by atoms with E-state index in [4.69, 9.17) is 4.74 Å². The number of alkyl halides is 3. The molecule has 5 rings (SSSR count). The number of hydrogen-bond acceptors (Lipinski definition) is 6. The quantitative estimate of drug-likeness (QED) is 0.268. The van der Waals surface area contributed by atoms with E-state index in [9.17, 15) is 27.9 Å². The number of benzene rings is 2. The zero-order valence-corrected chi connectivity index (χ0v) is 21.1. The number of aryl methyl sites for hydroxylation is 2. The minimum absolute atomic E-state index is 0.00828. The highest BCUT2D eigenvalue weighted by Crippen LogP contribution is 2.37. The van der Waals surface area contributed by atoms with E-state index in [1.807, 2.05) is 30.3 Å². The summed E-state index contributed by atoms with van der Waals surface area (Å²) in [5.41, 5.74) is -0.231. The molecule has 3 aromatic heterocycles. The Morgan fingerprint density at radius 2 is 1.75 bits per heavy atom. The molecule has 202 valence electrons. The average Bonchev–Trinajstić information content (AvgIpc) is 2.97. The normalized spacial score (nSPS) is 11.5. The van der Waals surface area contributed by atoms with Gasteiger partial charge in [0.2, 0.25) is 0 Å². The number of hydrogen-bond donors (Lipinski definition) is 1. The number of aromatic nitrogens is 3. The maximum atomic E-state index is 14.0. The van der Waals surface area contributed by atoms with Crippen molar-refractivity contribution in [2.45, 2.75) is 19.1 Å². The molecule has 0 saturated heterocycles. The highest BCUT2D eigenvalue weighted by Gasteiger charge is 2.31. The standard InChI is InChI=1S/C30H22F3N3O4/c1-40-29(39)25-27(37)23-16-22(19-9-5-11-21(15-19)30(31,32)33)28(38)36(14-12-18-7-3-2-4-8-18)26(23)24(35-25)20-10-6-13-34-17-20/h2-11,13,15-17,37H,12,14H2,1H3. The number of carbonyl (C=O) groups excluding carboxylic acids is 1. The first-order valence-corrected chi connectivity index (χ1v) is 12.2. The van der Waals surface area contributed by atoms with Crippen molar-refractivity contribution in [1.29, 1.82) is 0 Å². The van der Waals surface area contributed by atoms with Gasteiger partial charge in [-0.25, -0.2) is 9.78 Å². The van der Waals surface area contributed by atoms with Crippen molar-refractivity contribution in [1.82, 2.24) is 14.5 Å². The summed E-state index contributed by atoms with van der Waals surface area (Å²) >= 11 is 0. The zero-order chi connectivity index (χ0) is 28.4. The van der Waals surface area contributed by atoms with Crippen LogP contribution in [0, 0.1) is 0 Å². The number of pyridine rings is 3. The fourth-order valence-electron chi connectivity index (χ4n) is 4.56. The molecule has 0 unspecified atom stereocenters. The molecule has 7 nitrogen and oxygen atoms in total. The summed E-state index contributed by atoms with van der Waals surface area (Å²) in [5.74, 6) is -1.48. The van der Waals surface area contributed by atoms with Crippen LogP contribution in [0.25, 0.3) is 33.3 Å². The number of rotatable bonds is 6. The van der Waals surface area contributed by atoms with Crippen molar-refractivity contribution in [2.24, 2.45) is 0 Å². The van der Waals surface area contributed by atoms with Crippen molar-refractivity contribution in [3.05, 3.63) is 112 Å². The van der Waals surface area contributed by atoms with E-state index in [0.717, 1.165) is 24.8 Å². The second kappa shape index (κ2) is 10.6. The summed E-state index contributed by atoms with van der Waals surface area (Å²) < 4.78 is 46.7. The van der Waals surface area contributed by atoms with Crippen molar-refractivity contribution < 1.29 is 27.8 Å². The van der Waals surface area contributed by atoms with Gasteiger partial charge < -0.3 is 14.4 Å². The van der Waals surface area contributed by atoms with Gasteiger partial charge in [-0.1, -0.05) is 42.5 Å². The molecule has 1 N–H and O–H groups in total. The molecule has 2 aromatic carbocycles. The molecule has 0 atom stereocenters. The summed E-state index contributed by atoms with van der Waals surface area (Å²) in [4.78, 5) is 35.1. The molecule has 0 amide bonds. The van der Waals surface area contributed by atoms with Crippen LogP contribution in [0.4, 0.5) is 13.2 Å². The number of fused-ring (bicyclic) bond motifs is 1. The largest absolute Gasteiger partial charge is 0.505 e. The molecular formula is C30H22F3N3O4. The Labute approximate surface area is 226 Å². The van der Waals surface area contributed by atoms with Gasteiger partial charge in [0.1, 0.15) is 0 Å². The Hall–Kier alpha value is -4.99. The number of esters is 1. The van der Waals surface area contributed by atoms with E-state index in [1.165, 1.54) is 29.0 Å². The summed E-state index contributed by atoms with van der Waals surface area (Å²) in [5, 5.41) is 11.3. The first-order valence-electron chi connectivity index (χ1n) is 12.2. The predicted molar refractivity (Wildman–Crippen MR) is 143 cm³/mol. The van der Waals surface area contributed by atoms with Gasteiger partial charge in [-0.2, -0.15) is 13.2 Å². The lowest BCUT2D eigenvalue weighted by molar-refractivity contribution is -0.137. The third kappa shape index (κ3) is 5.03. The van der Waals surface area contributed by atoms with Gasteiger partial charge in [0.05, 0.1) is 23.9 Å². The Kier molecular flexibility index (Phi) is 7.08. The Morgan fingerprint density at radius 1 is 1.00 bits per heavy atom. The lowest BCUT2D eigenvalue weighted by Gasteiger charge is -2.18. The third-order valence-electron chi connectivity index (χ3n) is 6.50. The van der Waals surface area contributed by atoms with Crippen LogP contribution in [0.15, 0.2) is 90.0 Å². The molecule has 5 aromatic rings. The van der Waals surface area contributed by atoms with Crippen LogP contribution < -0.4 is 5.56 Å². The first kappa shape index (κ1) is 26.6. The Bertz CT molecular complexity index is 1770. The van der Waals surface area contributed by atoms with Gasteiger partial charge in [-0.05, 0) is 47.9 Å². The minimum Gasteiger partial charge on any atom is -0.505 e. The van der Waals surface area contributed by atoms with Gasteiger partial charge in [-0.15, -0.1) is 0 Å². The molecule has 0 saturated carbocycles. The number of aromatic hydroxyl groups is 1. The van der Waals surface area contributed by atoms with E-state index in [0.29, 0.717) is 12.0 Å². The predicted octanol–water partition coefficient (Wildman–Crippen LogP) is 5.88. The fourth-order valence-corrected chi connectivity index (χ4v) is 4.56. The van der Waals surface area contributed by atoms with Crippen molar-refractivity contribution in [3.63, 3.8) is 0 Å². The maximum Gasteiger partial charge on any atom is 0.416 e. The molecule has 3 heterocycles. The van der Waals surface area contributed by atoms with Crippen molar-refractivity contribution in [2.75, 3.05) is 7.11 Å². The summed E-state index contributed by atoms with van der Waals surface area (Å²) in [7, 11) is 1.13. The lowest BCUT2D eigenvalue weighted by atomic mass is 9.99. The van der Waals surface area contributed by atoms with Gasteiger partial charge in [0.15, 0.2) is 11.4 Å². The van der Waals surface area contributed by atoms with Crippen LogP contribution in [-0.2, 0) is 23.9 Å². The molecule has 40 heavy (non-hydrogen) atoms. The van der Waals surface area contributed by atoms with E-state index >= 15 is 0 Å². The van der Waals surface area contributed by atoms with Crippen LogP contribution in [0.2, 0.25) is 0 Å². The van der Waals surface area contributed by atoms with Crippen LogP contribution >= 0.6 is 0 Å². The molecule has 0 radical (unpaired) electrons. The Balaban J connectivity index is 1.86. The highest BCUT2D eigenvalue weighted by atomic mass is 19.4. The Morgan fingerprint density at radius 3 is 2.42 bits per heavy atom. The second-order valence-electron chi connectivity index (χ2n) is 8.98. The van der Waals surface area contributed by atoms with Crippen LogP contribution in [0.1, 0.15) is 21.6 Å². The van der Waals surface area contributed by atoms with Crippen LogP contribution in [0.5, 0.6) is 5.75 Å². The summed E-state index contributed by atoms with van der Waals surface area (Å²) in [6.45, 7) is 0.109. The number of nitrogens with zero attached hydrogens (tertiary/aromatic N) is 3. The van der Waals surface area contributed by atoms with E-state index < -0.39 is 34.7 Å². The summed E-state index contributed by atoms with van der Waals surface area (Å²) in [6.07, 6.45) is -1.20. The second-order valence-corrected chi connectivity index (χ2v) is 8.98. The number of halogens is 3. The zero-order valence-electron chi connectivity index (χ0n) is 21.1. The van der Waals surface area contributed by atoms with Crippen LogP contribution in [-0.4, -0.2) is 32.7 Å². The SMILES string of the molecule is COC(=O)c1nc(-c2cccnc2)c2c(cc(-c3cccc(C(F)(F)F)c3)c(=O)n2CCc2ccccc2)c1O. The van der Waals surface area contributed by atoms with Gasteiger partial charge >= 0.3 is 12.1 Å². The monoisotopic (exact) mass is 545 g/mol. The highest BCUT2D eigenvalue weighted by molar-refractivity contribution is 6.04. The van der Waals surface area contributed by atoms with Gasteiger partial charge in [0.25, 0.3) is 5.56 Å². The molecule has 0 spiro atoms. The third-order valence-corrected chi connectivity index (χ3v) is 6.50. The molecule has 0 aliphatic carbocycles. The molecule has 0 aliphatic heterocycles. The molecule has 0 bridgehead atoms. The summed E-state index contributed by atoms with van der Waals surface area (Å²) in [6, 6.07) is 18.3. The number of methoxy groups -OCH3 is 1. The number of ether oxygens (including phenoxy) is 1. The molecule has 0 fully saturated rings. The maximum absolute atomic E-state index is 14.0. The smallest absolute Gasteiger partial charge is 0.416 e. The minimum atomic E-state index is -4.63. The topological polar surface area (TPSA) is 94.3 Å². The van der Waals surface area contributed by atoms with Crippen molar-refractivity contribution in [3.8, 4) is 28.1 Å². The fraction of sp³-hybridized carbons (Fsp3) is 0.133. The lowest BCUT2D eigenvalue weighted by Crippen LogP contribution is -2.24. The van der Waals surface area contributed by atoms with E-state index in [-0.39, 0.29) is 34.3 Å². The van der Waals surface area contributed by atoms with Gasteiger partial charge in [0, 0.05) is 35.5 Å². The van der Waals surface area contributed by atoms with Crippen molar-refractivity contribution >= 4 is 16.9 Å². The molecular weight excluding hydrogens is 523 g/mol. The number of carbonyl (C=O) groups is 1. The first-order chi connectivity index (χ1) is 19.2. The molecule has 0 aliphatic rings. The van der Waals surface area contributed by atoms with Gasteiger partial charge in [-0.3, -0.25) is 9.78 Å². The van der Waals surface area contributed by atoms with E-state index in [2.05, 4.69) is 9.97 Å². The average molecular weight is 546 g/mol. The van der Waals surface area contributed by atoms with Crippen LogP contribution in [0.3, 0.4) is 0 Å².